The quantitative estimate of drug-likeness (QED) is 0.330. The summed E-state index contributed by atoms with van der Waals surface area (Å²) in [5.74, 6) is 0.745. The van der Waals surface area contributed by atoms with Crippen LogP contribution in [0.3, 0.4) is 0 Å². The zero-order chi connectivity index (χ0) is 23.1. The summed E-state index contributed by atoms with van der Waals surface area (Å²) in [7, 11) is 0. The van der Waals surface area contributed by atoms with Crippen molar-refractivity contribution in [3.63, 3.8) is 0 Å². The van der Waals surface area contributed by atoms with Gasteiger partial charge in [0, 0.05) is 24.1 Å². The molecule has 1 amide bonds. The Morgan fingerprint density at radius 1 is 1.09 bits per heavy atom. The van der Waals surface area contributed by atoms with E-state index in [-0.39, 0.29) is 5.28 Å². The first-order valence-electron chi connectivity index (χ1n) is 10.4. The van der Waals surface area contributed by atoms with Gasteiger partial charge in [-0.15, -0.1) is 0 Å². The van der Waals surface area contributed by atoms with Crippen LogP contribution in [0.4, 0.5) is 22.0 Å². The van der Waals surface area contributed by atoms with E-state index in [0.717, 1.165) is 29.2 Å². The number of carbonyl (C=O) groups is 1. The highest BCUT2D eigenvalue weighted by molar-refractivity contribution is 6.28. The van der Waals surface area contributed by atoms with Crippen molar-refractivity contribution in [1.29, 1.82) is 0 Å². The number of aromatic nitrogens is 2. The Labute approximate surface area is 193 Å². The van der Waals surface area contributed by atoms with E-state index < -0.39 is 11.7 Å². The van der Waals surface area contributed by atoms with Crippen molar-refractivity contribution in [1.82, 2.24) is 9.97 Å². The van der Waals surface area contributed by atoms with E-state index in [0.29, 0.717) is 5.69 Å². The molecule has 1 aromatic heterocycles. The minimum Gasteiger partial charge on any atom is -0.444 e. The fourth-order valence-corrected chi connectivity index (χ4v) is 3.23. The average Bonchev–Trinajstić information content (AvgIpc) is 2.72. The van der Waals surface area contributed by atoms with E-state index in [2.05, 4.69) is 33.2 Å². The van der Waals surface area contributed by atoms with Gasteiger partial charge in [0.1, 0.15) is 11.4 Å². The maximum atomic E-state index is 12.0. The van der Waals surface area contributed by atoms with E-state index in [1.165, 1.54) is 0 Å². The molecule has 0 aliphatic heterocycles. The van der Waals surface area contributed by atoms with Crippen LogP contribution < -0.4 is 10.2 Å². The molecule has 0 aliphatic rings. The summed E-state index contributed by atoms with van der Waals surface area (Å²) in [6.07, 6.45) is 5.19. The second kappa shape index (κ2) is 10.3. The van der Waals surface area contributed by atoms with E-state index in [9.17, 15) is 4.79 Å². The average molecular weight is 451 g/mol. The highest BCUT2D eigenvalue weighted by Gasteiger charge is 2.16. The Morgan fingerprint density at radius 2 is 1.78 bits per heavy atom. The van der Waals surface area contributed by atoms with Crippen molar-refractivity contribution >= 4 is 47.0 Å². The number of amides is 1. The van der Waals surface area contributed by atoms with Gasteiger partial charge in [0.05, 0.1) is 0 Å². The first-order valence-corrected chi connectivity index (χ1v) is 10.8. The number of ether oxygens (including phenoxy) is 1. The molecule has 0 saturated carbocycles. The molecule has 7 heteroatoms. The SMILES string of the molecule is CCN(c1cccc(/C=C/c2cccc(NC(=O)OC(C)(C)C)c2)c1)c1ccnc(Cl)n1. The van der Waals surface area contributed by atoms with Gasteiger partial charge in [-0.25, -0.2) is 14.8 Å². The maximum Gasteiger partial charge on any atom is 0.412 e. The Bertz CT molecular complexity index is 1110. The number of halogens is 1. The smallest absolute Gasteiger partial charge is 0.412 e. The zero-order valence-electron chi connectivity index (χ0n) is 18.7. The van der Waals surface area contributed by atoms with Crippen LogP contribution in [0.5, 0.6) is 0 Å². The monoisotopic (exact) mass is 450 g/mol. The van der Waals surface area contributed by atoms with Crippen molar-refractivity contribution in [3.05, 3.63) is 77.2 Å². The molecule has 0 aliphatic carbocycles. The van der Waals surface area contributed by atoms with Crippen molar-refractivity contribution < 1.29 is 9.53 Å². The Hall–Kier alpha value is -3.38. The molecule has 0 fully saturated rings. The number of nitrogens with one attached hydrogen (secondary N) is 1. The predicted molar refractivity (Wildman–Crippen MR) is 131 cm³/mol. The van der Waals surface area contributed by atoms with Gasteiger partial charge >= 0.3 is 6.09 Å². The first kappa shape index (κ1) is 23.3. The van der Waals surface area contributed by atoms with Crippen LogP contribution in [0, 0.1) is 0 Å². The largest absolute Gasteiger partial charge is 0.444 e. The van der Waals surface area contributed by atoms with Gasteiger partial charge in [-0.3, -0.25) is 5.32 Å². The van der Waals surface area contributed by atoms with Gasteiger partial charge in [0.25, 0.3) is 0 Å². The third kappa shape index (κ3) is 6.82. The Balaban J connectivity index is 1.75. The van der Waals surface area contributed by atoms with Gasteiger partial charge < -0.3 is 9.64 Å². The number of carbonyl (C=O) groups excluding carboxylic acids is 1. The van der Waals surface area contributed by atoms with Crippen LogP contribution in [-0.2, 0) is 4.74 Å². The lowest BCUT2D eigenvalue weighted by atomic mass is 10.1. The molecule has 0 saturated heterocycles. The minimum absolute atomic E-state index is 0.219. The van der Waals surface area contributed by atoms with E-state index in [4.69, 9.17) is 16.3 Å². The second-order valence-corrected chi connectivity index (χ2v) is 8.45. The highest BCUT2D eigenvalue weighted by Crippen LogP contribution is 2.25. The lowest BCUT2D eigenvalue weighted by Gasteiger charge is -2.22. The van der Waals surface area contributed by atoms with Gasteiger partial charge in [0.15, 0.2) is 0 Å². The van der Waals surface area contributed by atoms with E-state index in [1.54, 1.807) is 6.20 Å². The molecule has 0 bridgehead atoms. The zero-order valence-corrected chi connectivity index (χ0v) is 19.4. The van der Waals surface area contributed by atoms with Crippen molar-refractivity contribution in [2.24, 2.45) is 0 Å². The first-order chi connectivity index (χ1) is 15.2. The van der Waals surface area contributed by atoms with E-state index >= 15 is 0 Å². The number of hydrogen-bond donors (Lipinski definition) is 1. The summed E-state index contributed by atoms with van der Waals surface area (Å²) in [4.78, 5) is 22.4. The topological polar surface area (TPSA) is 67.4 Å². The standard InChI is InChI=1S/C25H27ClN4O2/c1-5-30(22-14-15-27-23(26)29-22)21-11-7-9-19(17-21)13-12-18-8-6-10-20(16-18)28-24(31)32-25(2,3)4/h6-17H,5H2,1-4H3,(H,28,31)/b13-12+. The molecule has 166 valence electrons. The number of benzene rings is 2. The van der Waals surface area contributed by atoms with Crippen LogP contribution in [0.1, 0.15) is 38.8 Å². The lowest BCUT2D eigenvalue weighted by Crippen LogP contribution is -2.27. The molecule has 1 heterocycles. The molecular formula is C25H27ClN4O2. The lowest BCUT2D eigenvalue weighted by molar-refractivity contribution is 0.0636. The molecule has 6 nitrogen and oxygen atoms in total. The molecule has 2 aromatic carbocycles. The van der Waals surface area contributed by atoms with Crippen LogP contribution in [0.25, 0.3) is 12.2 Å². The molecule has 3 aromatic rings. The summed E-state index contributed by atoms with van der Waals surface area (Å²) < 4.78 is 5.31. The molecule has 0 spiro atoms. The van der Waals surface area contributed by atoms with Crippen LogP contribution in [-0.4, -0.2) is 28.2 Å². The number of anilines is 3. The number of hydrogen-bond acceptors (Lipinski definition) is 5. The number of nitrogens with zero attached hydrogens (tertiary/aromatic N) is 3. The molecule has 3 rings (SSSR count). The molecule has 0 atom stereocenters. The van der Waals surface area contributed by atoms with Gasteiger partial charge in [-0.1, -0.05) is 36.4 Å². The predicted octanol–water partition coefficient (Wildman–Crippen LogP) is 6.81. The Kier molecular flexibility index (Phi) is 7.49. The normalized spacial score (nSPS) is 11.4. The fraction of sp³-hybridized carbons (Fsp3) is 0.240. The van der Waals surface area contributed by atoms with Crippen LogP contribution in [0.2, 0.25) is 5.28 Å². The molecule has 0 unspecified atom stereocenters. The minimum atomic E-state index is -0.546. The fourth-order valence-electron chi connectivity index (χ4n) is 3.08. The van der Waals surface area contributed by atoms with Crippen LogP contribution in [0.15, 0.2) is 60.8 Å². The van der Waals surface area contributed by atoms with Crippen molar-refractivity contribution in [3.8, 4) is 0 Å². The third-order valence-electron chi connectivity index (χ3n) is 4.39. The highest BCUT2D eigenvalue weighted by atomic mass is 35.5. The summed E-state index contributed by atoms with van der Waals surface area (Å²) >= 11 is 5.96. The van der Waals surface area contributed by atoms with E-state index in [1.807, 2.05) is 81.5 Å². The van der Waals surface area contributed by atoms with Crippen molar-refractivity contribution in [2.45, 2.75) is 33.3 Å². The summed E-state index contributed by atoms with van der Waals surface area (Å²) in [6.45, 7) is 8.29. The number of rotatable bonds is 6. The molecule has 32 heavy (non-hydrogen) atoms. The van der Waals surface area contributed by atoms with Gasteiger partial charge in [-0.2, -0.15) is 0 Å². The van der Waals surface area contributed by atoms with Crippen LogP contribution >= 0.6 is 11.6 Å². The Morgan fingerprint density at radius 3 is 2.44 bits per heavy atom. The summed E-state index contributed by atoms with van der Waals surface area (Å²) in [6, 6.07) is 17.6. The molecular weight excluding hydrogens is 424 g/mol. The second-order valence-electron chi connectivity index (χ2n) is 8.11. The summed E-state index contributed by atoms with van der Waals surface area (Å²) in [5, 5.41) is 2.99. The summed E-state index contributed by atoms with van der Waals surface area (Å²) in [5.41, 5.74) is 3.12. The van der Waals surface area contributed by atoms with Gasteiger partial charge in [0.2, 0.25) is 5.28 Å². The third-order valence-corrected chi connectivity index (χ3v) is 4.57. The maximum absolute atomic E-state index is 12.0. The van der Waals surface area contributed by atoms with Gasteiger partial charge in [-0.05, 0) is 80.8 Å². The molecule has 0 radical (unpaired) electrons. The molecule has 1 N–H and O–H groups in total. The van der Waals surface area contributed by atoms with Crippen molar-refractivity contribution in [2.75, 3.05) is 16.8 Å².